The lowest BCUT2D eigenvalue weighted by molar-refractivity contribution is 0.182. The number of sulfone groups is 1. The Morgan fingerprint density at radius 2 is 2.14 bits per heavy atom. The third-order valence-electron chi connectivity index (χ3n) is 7.55. The second kappa shape index (κ2) is 9.37. The van der Waals surface area contributed by atoms with Gasteiger partial charge in [-0.2, -0.15) is 0 Å². The molecule has 1 saturated heterocycles. The van der Waals surface area contributed by atoms with Crippen molar-refractivity contribution in [3.05, 3.63) is 83.0 Å². The molecule has 3 aliphatic rings. The van der Waals surface area contributed by atoms with Gasteiger partial charge in [-0.25, -0.2) is 18.4 Å². The van der Waals surface area contributed by atoms with E-state index >= 15 is 0 Å². The SMILES string of the molecule is CN1c2cc(S(=O)(=O)C3=CCC=C3)ccc2CC[C@@H]1c1ncn(C[C@@H]2CCOC2)c1Cc1cnco1. The summed E-state index contributed by atoms with van der Waals surface area (Å²) in [5.41, 5.74) is 4.22. The molecule has 9 heteroatoms. The van der Waals surface area contributed by atoms with E-state index in [1.807, 2.05) is 31.6 Å². The fourth-order valence-corrected chi connectivity index (χ4v) is 6.92. The van der Waals surface area contributed by atoms with Gasteiger partial charge in [0.2, 0.25) is 9.84 Å². The number of imidazole rings is 1. The van der Waals surface area contributed by atoms with Gasteiger partial charge in [0, 0.05) is 38.2 Å². The summed E-state index contributed by atoms with van der Waals surface area (Å²) in [6.07, 6.45) is 14.5. The van der Waals surface area contributed by atoms with Crippen molar-refractivity contribution in [1.82, 2.24) is 14.5 Å². The van der Waals surface area contributed by atoms with Crippen LogP contribution in [0.15, 0.2) is 69.6 Å². The van der Waals surface area contributed by atoms with E-state index in [1.165, 1.54) is 6.39 Å². The monoisotopic (exact) mass is 506 g/mol. The van der Waals surface area contributed by atoms with E-state index in [0.717, 1.165) is 67.4 Å². The minimum Gasteiger partial charge on any atom is -0.448 e. The molecule has 3 aromatic rings. The quantitative estimate of drug-likeness (QED) is 0.473. The molecule has 0 radical (unpaired) electrons. The molecule has 2 aliphatic heterocycles. The predicted molar refractivity (Wildman–Crippen MR) is 135 cm³/mol. The zero-order chi connectivity index (χ0) is 24.7. The average molecular weight is 507 g/mol. The van der Waals surface area contributed by atoms with E-state index in [0.29, 0.717) is 28.6 Å². The van der Waals surface area contributed by atoms with Crippen molar-refractivity contribution in [3.63, 3.8) is 0 Å². The molecule has 1 aromatic carbocycles. The number of oxazole rings is 1. The molecule has 6 rings (SSSR count). The van der Waals surface area contributed by atoms with Crippen molar-refractivity contribution in [3.8, 4) is 0 Å². The van der Waals surface area contributed by atoms with Crippen LogP contribution in [0.4, 0.5) is 5.69 Å². The Bertz CT molecular complexity index is 1420. The van der Waals surface area contributed by atoms with Crippen LogP contribution in [0.2, 0.25) is 0 Å². The van der Waals surface area contributed by atoms with E-state index in [-0.39, 0.29) is 6.04 Å². The molecule has 0 amide bonds. The van der Waals surface area contributed by atoms with E-state index in [4.69, 9.17) is 14.1 Å². The minimum absolute atomic E-state index is 0.0278. The number of hydrogen-bond acceptors (Lipinski definition) is 7. The summed E-state index contributed by atoms with van der Waals surface area (Å²) < 4.78 is 39.8. The average Bonchev–Trinajstić information content (AvgIpc) is 3.69. The first-order valence-electron chi connectivity index (χ1n) is 12.5. The summed E-state index contributed by atoms with van der Waals surface area (Å²) in [4.78, 5) is 11.9. The van der Waals surface area contributed by atoms with Crippen LogP contribution in [0.5, 0.6) is 0 Å². The van der Waals surface area contributed by atoms with Crippen LogP contribution >= 0.6 is 0 Å². The highest BCUT2D eigenvalue weighted by molar-refractivity contribution is 7.95. The van der Waals surface area contributed by atoms with Gasteiger partial charge in [0.05, 0.1) is 46.4 Å². The van der Waals surface area contributed by atoms with Crippen LogP contribution in [0.1, 0.15) is 48.0 Å². The lowest BCUT2D eigenvalue weighted by atomic mass is 9.93. The van der Waals surface area contributed by atoms with Crippen molar-refractivity contribution < 1.29 is 17.6 Å². The number of benzene rings is 1. The van der Waals surface area contributed by atoms with Gasteiger partial charge in [-0.15, -0.1) is 0 Å². The number of anilines is 1. The maximum Gasteiger partial charge on any atom is 0.206 e. The predicted octanol–water partition coefficient (Wildman–Crippen LogP) is 4.24. The fourth-order valence-electron chi connectivity index (χ4n) is 5.55. The number of ether oxygens (including phenoxy) is 1. The number of aryl methyl sites for hydroxylation is 1. The lowest BCUT2D eigenvalue weighted by Crippen LogP contribution is -2.31. The Kier molecular flexibility index (Phi) is 6.05. The summed E-state index contributed by atoms with van der Waals surface area (Å²) >= 11 is 0. The molecule has 1 aliphatic carbocycles. The second-order valence-electron chi connectivity index (χ2n) is 9.81. The Balaban J connectivity index is 1.34. The molecular weight excluding hydrogens is 476 g/mol. The van der Waals surface area contributed by atoms with Gasteiger partial charge in [-0.05, 0) is 49.5 Å². The highest BCUT2D eigenvalue weighted by Gasteiger charge is 2.32. The molecular formula is C27H30N4O4S. The van der Waals surface area contributed by atoms with Crippen molar-refractivity contribution in [2.75, 3.05) is 25.2 Å². The first kappa shape index (κ1) is 23.2. The molecule has 4 heterocycles. The van der Waals surface area contributed by atoms with Crippen molar-refractivity contribution in [2.24, 2.45) is 5.92 Å². The summed E-state index contributed by atoms with van der Waals surface area (Å²) in [7, 11) is -1.50. The summed E-state index contributed by atoms with van der Waals surface area (Å²) in [6, 6.07) is 5.55. The number of allylic oxidation sites excluding steroid dienone is 3. The zero-order valence-corrected chi connectivity index (χ0v) is 21.2. The van der Waals surface area contributed by atoms with E-state index in [9.17, 15) is 8.42 Å². The largest absolute Gasteiger partial charge is 0.448 e. The highest BCUT2D eigenvalue weighted by Crippen LogP contribution is 2.40. The van der Waals surface area contributed by atoms with E-state index < -0.39 is 9.84 Å². The Morgan fingerprint density at radius 1 is 1.22 bits per heavy atom. The summed E-state index contributed by atoms with van der Waals surface area (Å²) in [6.45, 7) is 2.44. The molecule has 0 spiro atoms. The van der Waals surface area contributed by atoms with Crippen LogP contribution in [-0.4, -0.2) is 43.2 Å². The number of hydrogen-bond donors (Lipinski definition) is 0. The van der Waals surface area contributed by atoms with Crippen molar-refractivity contribution in [1.29, 1.82) is 0 Å². The van der Waals surface area contributed by atoms with Crippen LogP contribution < -0.4 is 4.90 Å². The van der Waals surface area contributed by atoms with Gasteiger partial charge in [0.25, 0.3) is 0 Å². The third kappa shape index (κ3) is 4.20. The zero-order valence-electron chi connectivity index (χ0n) is 20.3. The highest BCUT2D eigenvalue weighted by atomic mass is 32.2. The van der Waals surface area contributed by atoms with E-state index in [1.54, 1.807) is 24.4 Å². The molecule has 8 nitrogen and oxygen atoms in total. The standard InChI is InChI=1S/C27H30N4O4S/c1-30-24(9-7-20-6-8-23(13-25(20)30)36(32,33)22-4-2-3-5-22)27-26(12-21-14-28-18-35-21)31(17-29-27)15-19-10-11-34-16-19/h2,4-6,8,13-14,17-19,24H,3,7,9-12,15-16H2,1H3/t19-,24+/m0/s1. The molecule has 36 heavy (non-hydrogen) atoms. The van der Waals surface area contributed by atoms with Gasteiger partial charge in [-0.3, -0.25) is 0 Å². The molecule has 2 atom stereocenters. The molecule has 0 unspecified atom stereocenters. The van der Waals surface area contributed by atoms with Gasteiger partial charge < -0.3 is 18.6 Å². The summed E-state index contributed by atoms with van der Waals surface area (Å²) in [5, 5.41) is 0. The maximum atomic E-state index is 13.2. The Morgan fingerprint density at radius 3 is 2.89 bits per heavy atom. The molecule has 0 N–H and O–H groups in total. The van der Waals surface area contributed by atoms with Gasteiger partial charge in [0.1, 0.15) is 5.76 Å². The Hall–Kier alpha value is -3.17. The van der Waals surface area contributed by atoms with Gasteiger partial charge >= 0.3 is 0 Å². The first-order valence-corrected chi connectivity index (χ1v) is 14.0. The molecule has 2 aromatic heterocycles. The molecule has 0 saturated carbocycles. The van der Waals surface area contributed by atoms with Crippen LogP contribution in [0.25, 0.3) is 0 Å². The lowest BCUT2D eigenvalue weighted by Gasteiger charge is -2.36. The van der Waals surface area contributed by atoms with Crippen LogP contribution in [0, 0.1) is 5.92 Å². The third-order valence-corrected chi connectivity index (χ3v) is 9.35. The number of rotatable bonds is 7. The topological polar surface area (TPSA) is 90.5 Å². The van der Waals surface area contributed by atoms with Gasteiger partial charge in [-0.1, -0.05) is 18.2 Å². The molecule has 188 valence electrons. The maximum absolute atomic E-state index is 13.2. The van der Waals surface area contributed by atoms with Crippen molar-refractivity contribution >= 4 is 15.5 Å². The van der Waals surface area contributed by atoms with Crippen molar-refractivity contribution in [2.45, 2.75) is 49.6 Å². The van der Waals surface area contributed by atoms with Gasteiger partial charge in [0.15, 0.2) is 6.39 Å². The molecule has 0 bridgehead atoms. The van der Waals surface area contributed by atoms with Crippen LogP contribution in [0.3, 0.4) is 0 Å². The smallest absolute Gasteiger partial charge is 0.206 e. The van der Waals surface area contributed by atoms with Crippen LogP contribution in [-0.2, 0) is 34.0 Å². The Labute approximate surface area is 211 Å². The summed E-state index contributed by atoms with van der Waals surface area (Å²) in [5.74, 6) is 1.27. The number of aromatic nitrogens is 3. The minimum atomic E-state index is -3.53. The fraction of sp³-hybridized carbons (Fsp3) is 0.407. The second-order valence-corrected chi connectivity index (χ2v) is 11.8. The normalized spacial score (nSPS) is 21.7. The molecule has 1 fully saturated rings. The first-order chi connectivity index (χ1) is 17.5. The van der Waals surface area contributed by atoms with E-state index in [2.05, 4.69) is 14.5 Å². The number of fused-ring (bicyclic) bond motifs is 1. The number of nitrogens with zero attached hydrogens (tertiary/aromatic N) is 4.